The molecule has 4 rings (SSSR count). The van der Waals surface area contributed by atoms with Crippen LogP contribution in [-0.4, -0.2) is 16.4 Å². The highest BCUT2D eigenvalue weighted by Crippen LogP contribution is 2.34. The molecule has 0 radical (unpaired) electrons. The second kappa shape index (κ2) is 7.13. The molecule has 0 aliphatic carbocycles. The minimum absolute atomic E-state index is 0.511. The van der Waals surface area contributed by atoms with Gasteiger partial charge < -0.3 is 4.98 Å². The monoisotopic (exact) mass is 344 g/mol. The summed E-state index contributed by atoms with van der Waals surface area (Å²) in [7, 11) is 0. The number of aromatic amines is 1. The number of hydrogen-bond acceptors (Lipinski definition) is 1. The van der Waals surface area contributed by atoms with E-state index >= 15 is 0 Å². The molecule has 2 aromatic carbocycles. The number of likely N-dealkylation sites (tertiary alicyclic amines) is 1. The first-order valence-electron chi connectivity index (χ1n) is 9.70. The second-order valence-corrected chi connectivity index (χ2v) is 7.61. The van der Waals surface area contributed by atoms with Crippen molar-refractivity contribution in [3.63, 3.8) is 0 Å². The van der Waals surface area contributed by atoms with Crippen LogP contribution >= 0.6 is 0 Å². The fourth-order valence-electron chi connectivity index (χ4n) is 4.47. The highest BCUT2D eigenvalue weighted by molar-refractivity contribution is 5.86. The molecule has 1 atom stereocenters. The molecule has 3 aromatic rings. The number of H-pyrrole nitrogens is 1. The van der Waals surface area contributed by atoms with Gasteiger partial charge in [-0.25, -0.2) is 0 Å². The molecular weight excluding hydrogens is 316 g/mol. The lowest BCUT2D eigenvalue weighted by molar-refractivity contribution is 0.141. The molecule has 26 heavy (non-hydrogen) atoms. The Bertz CT molecular complexity index is 917. The van der Waals surface area contributed by atoms with Crippen LogP contribution in [0.4, 0.5) is 0 Å². The Kier molecular flexibility index (Phi) is 4.69. The number of benzene rings is 2. The first-order chi connectivity index (χ1) is 12.7. The van der Waals surface area contributed by atoms with Gasteiger partial charge in [0.25, 0.3) is 0 Å². The number of nitrogens with one attached hydrogen (secondary N) is 1. The van der Waals surface area contributed by atoms with Crippen LogP contribution < -0.4 is 0 Å². The number of hydrogen-bond donors (Lipinski definition) is 1. The van der Waals surface area contributed by atoms with Crippen LogP contribution in [0.3, 0.4) is 0 Å². The molecule has 1 aliphatic rings. The number of nitrogens with zero attached hydrogens (tertiary/aromatic N) is 1. The SMILES string of the molecule is C=Cc1ccc(C2CCCCN2Cc2c(C)cc(C)c3[nH]ccc23)cc1. The van der Waals surface area contributed by atoms with Gasteiger partial charge in [-0.2, -0.15) is 0 Å². The summed E-state index contributed by atoms with van der Waals surface area (Å²) in [4.78, 5) is 6.10. The van der Waals surface area contributed by atoms with Crippen LogP contribution in [0.2, 0.25) is 0 Å². The largest absolute Gasteiger partial charge is 0.361 e. The molecule has 134 valence electrons. The van der Waals surface area contributed by atoms with Gasteiger partial charge in [0.05, 0.1) is 0 Å². The van der Waals surface area contributed by atoms with Crippen molar-refractivity contribution in [1.29, 1.82) is 0 Å². The lowest BCUT2D eigenvalue weighted by Gasteiger charge is -2.36. The maximum absolute atomic E-state index is 3.87. The number of aromatic nitrogens is 1. The third-order valence-corrected chi connectivity index (χ3v) is 5.91. The summed E-state index contributed by atoms with van der Waals surface area (Å²) < 4.78 is 0. The topological polar surface area (TPSA) is 19.0 Å². The minimum Gasteiger partial charge on any atom is -0.361 e. The van der Waals surface area contributed by atoms with Gasteiger partial charge in [-0.15, -0.1) is 0 Å². The predicted molar refractivity (Wildman–Crippen MR) is 111 cm³/mol. The number of aryl methyl sites for hydroxylation is 2. The average molecular weight is 345 g/mol. The maximum atomic E-state index is 3.87. The summed E-state index contributed by atoms with van der Waals surface area (Å²) in [6.45, 7) is 10.5. The maximum Gasteiger partial charge on any atom is 0.0487 e. The standard InChI is InChI=1S/C24H28N2/c1-4-19-8-10-20(11-9-19)23-7-5-6-14-26(23)16-22-17(2)15-18(3)24-21(22)12-13-25-24/h4,8-13,15,23,25H,1,5-7,14,16H2,2-3H3. The zero-order valence-electron chi connectivity index (χ0n) is 15.9. The Hall–Kier alpha value is -2.32. The normalized spacial score (nSPS) is 18.3. The van der Waals surface area contributed by atoms with E-state index in [1.54, 1.807) is 0 Å². The fourth-order valence-corrected chi connectivity index (χ4v) is 4.47. The third kappa shape index (κ3) is 3.10. The summed E-state index contributed by atoms with van der Waals surface area (Å²) >= 11 is 0. The molecule has 1 fully saturated rings. The van der Waals surface area contributed by atoms with E-state index in [2.05, 4.69) is 72.9 Å². The zero-order chi connectivity index (χ0) is 18.1. The summed E-state index contributed by atoms with van der Waals surface area (Å²) in [5.41, 5.74) is 8.13. The molecule has 1 unspecified atom stereocenters. The molecule has 0 amide bonds. The first kappa shape index (κ1) is 17.1. The molecule has 0 saturated carbocycles. The van der Waals surface area contributed by atoms with Crippen molar-refractivity contribution in [3.05, 3.63) is 77.0 Å². The highest BCUT2D eigenvalue weighted by atomic mass is 15.2. The van der Waals surface area contributed by atoms with Gasteiger partial charge in [0, 0.05) is 29.7 Å². The quantitative estimate of drug-likeness (QED) is 0.601. The third-order valence-electron chi connectivity index (χ3n) is 5.91. The van der Waals surface area contributed by atoms with E-state index in [0.29, 0.717) is 6.04 Å². The van der Waals surface area contributed by atoms with E-state index in [4.69, 9.17) is 0 Å². The Labute approximate surface area is 156 Å². The Morgan fingerprint density at radius 1 is 1.12 bits per heavy atom. The minimum atomic E-state index is 0.511. The lowest BCUT2D eigenvalue weighted by atomic mass is 9.92. The van der Waals surface area contributed by atoms with Crippen molar-refractivity contribution in [1.82, 2.24) is 9.88 Å². The highest BCUT2D eigenvalue weighted by Gasteiger charge is 2.25. The molecule has 1 N–H and O–H groups in total. The van der Waals surface area contributed by atoms with Gasteiger partial charge in [0.2, 0.25) is 0 Å². The van der Waals surface area contributed by atoms with Crippen molar-refractivity contribution in [2.24, 2.45) is 0 Å². The predicted octanol–water partition coefficient (Wildman–Crippen LogP) is 6.15. The summed E-state index contributed by atoms with van der Waals surface area (Å²) in [5.74, 6) is 0. The van der Waals surface area contributed by atoms with E-state index in [-0.39, 0.29) is 0 Å². The van der Waals surface area contributed by atoms with E-state index in [0.717, 1.165) is 6.54 Å². The first-order valence-corrected chi connectivity index (χ1v) is 9.70. The van der Waals surface area contributed by atoms with Gasteiger partial charge in [0.1, 0.15) is 0 Å². The lowest BCUT2D eigenvalue weighted by Crippen LogP contribution is -2.33. The molecule has 0 bridgehead atoms. The molecule has 2 heteroatoms. The van der Waals surface area contributed by atoms with Crippen molar-refractivity contribution in [3.8, 4) is 0 Å². The van der Waals surface area contributed by atoms with Crippen LogP contribution in [0.15, 0.2) is 49.2 Å². The number of piperidine rings is 1. The summed E-state index contributed by atoms with van der Waals surface area (Å²) in [6, 6.07) is 14.0. The van der Waals surface area contributed by atoms with E-state index in [9.17, 15) is 0 Å². The molecule has 1 saturated heterocycles. The van der Waals surface area contributed by atoms with E-state index < -0.39 is 0 Å². The van der Waals surface area contributed by atoms with Crippen molar-refractivity contribution >= 4 is 17.0 Å². The smallest absolute Gasteiger partial charge is 0.0487 e. The zero-order valence-corrected chi connectivity index (χ0v) is 15.9. The molecule has 2 nitrogen and oxygen atoms in total. The Balaban J connectivity index is 1.67. The molecule has 0 spiro atoms. The van der Waals surface area contributed by atoms with Crippen LogP contribution in [0.25, 0.3) is 17.0 Å². The van der Waals surface area contributed by atoms with Crippen LogP contribution in [0.1, 0.15) is 53.1 Å². The van der Waals surface area contributed by atoms with Gasteiger partial charge in [0.15, 0.2) is 0 Å². The fraction of sp³-hybridized carbons (Fsp3) is 0.333. The average Bonchev–Trinajstić information content (AvgIpc) is 3.16. The number of rotatable bonds is 4. The van der Waals surface area contributed by atoms with Crippen molar-refractivity contribution in [2.45, 2.75) is 45.7 Å². The molecular formula is C24H28N2. The van der Waals surface area contributed by atoms with Crippen molar-refractivity contribution in [2.75, 3.05) is 6.54 Å². The van der Waals surface area contributed by atoms with Gasteiger partial charge in [-0.1, -0.05) is 49.4 Å². The van der Waals surface area contributed by atoms with Gasteiger partial charge in [-0.05, 0) is 67.1 Å². The Morgan fingerprint density at radius 3 is 2.69 bits per heavy atom. The van der Waals surface area contributed by atoms with E-state index in [1.165, 1.54) is 64.5 Å². The van der Waals surface area contributed by atoms with Crippen LogP contribution in [-0.2, 0) is 6.54 Å². The summed E-state index contributed by atoms with van der Waals surface area (Å²) in [5, 5.41) is 1.38. The van der Waals surface area contributed by atoms with Crippen molar-refractivity contribution < 1.29 is 0 Å². The van der Waals surface area contributed by atoms with Gasteiger partial charge in [-0.3, -0.25) is 4.90 Å². The summed E-state index contributed by atoms with van der Waals surface area (Å²) in [6.07, 6.45) is 7.84. The van der Waals surface area contributed by atoms with E-state index in [1.807, 2.05) is 6.08 Å². The number of fused-ring (bicyclic) bond motifs is 1. The Morgan fingerprint density at radius 2 is 1.92 bits per heavy atom. The molecule has 1 aromatic heterocycles. The van der Waals surface area contributed by atoms with Crippen LogP contribution in [0.5, 0.6) is 0 Å². The second-order valence-electron chi connectivity index (χ2n) is 7.61. The van der Waals surface area contributed by atoms with Crippen LogP contribution in [0, 0.1) is 13.8 Å². The molecule has 1 aliphatic heterocycles. The van der Waals surface area contributed by atoms with Gasteiger partial charge >= 0.3 is 0 Å². The molecule has 2 heterocycles.